The minimum atomic E-state index is -0.275. The molecule has 1 aromatic heterocycles. The summed E-state index contributed by atoms with van der Waals surface area (Å²) in [5.41, 5.74) is 1.97. The molecule has 158 valence electrons. The lowest BCUT2D eigenvalue weighted by Gasteiger charge is -2.39. The van der Waals surface area contributed by atoms with Crippen LogP contribution in [-0.4, -0.2) is 66.7 Å². The number of amides is 1. The van der Waals surface area contributed by atoms with Crippen molar-refractivity contribution in [3.8, 4) is 11.9 Å². The quantitative estimate of drug-likeness (QED) is 0.694. The van der Waals surface area contributed by atoms with Gasteiger partial charge in [-0.2, -0.15) is 10.2 Å². The number of hydrogen-bond acceptors (Lipinski definition) is 7. The number of benzene rings is 1. The highest BCUT2D eigenvalue weighted by molar-refractivity contribution is 5.97. The summed E-state index contributed by atoms with van der Waals surface area (Å²) in [6.45, 7) is 7.33. The van der Waals surface area contributed by atoms with Gasteiger partial charge in [0.2, 0.25) is 11.8 Å². The molecule has 1 unspecified atom stereocenters. The summed E-state index contributed by atoms with van der Waals surface area (Å²) >= 11 is 0. The second-order valence-corrected chi connectivity index (χ2v) is 7.35. The van der Waals surface area contributed by atoms with Gasteiger partial charge in [-0.3, -0.25) is 14.7 Å². The number of ether oxygens (including phenoxy) is 1. The number of anilines is 2. The fraction of sp³-hybridized carbons (Fsp3) is 0.455. The van der Waals surface area contributed by atoms with Crippen molar-refractivity contribution in [1.82, 2.24) is 14.9 Å². The first-order valence-corrected chi connectivity index (χ1v) is 10.1. The van der Waals surface area contributed by atoms with Gasteiger partial charge in [0.1, 0.15) is 0 Å². The van der Waals surface area contributed by atoms with E-state index in [1.165, 1.54) is 0 Å². The second-order valence-electron chi connectivity index (χ2n) is 7.35. The number of rotatable bonds is 7. The van der Waals surface area contributed by atoms with Crippen molar-refractivity contribution in [2.75, 3.05) is 49.6 Å². The van der Waals surface area contributed by atoms with E-state index in [2.05, 4.69) is 25.8 Å². The van der Waals surface area contributed by atoms with Crippen LogP contribution in [0.2, 0.25) is 0 Å². The number of nitriles is 1. The van der Waals surface area contributed by atoms with Gasteiger partial charge in [-0.15, -0.1) is 0 Å². The minimum absolute atomic E-state index is 0.0173. The van der Waals surface area contributed by atoms with Crippen LogP contribution < -0.4 is 14.5 Å². The molecule has 2 heterocycles. The Morgan fingerprint density at radius 3 is 2.57 bits per heavy atom. The van der Waals surface area contributed by atoms with Crippen LogP contribution in [0.5, 0.6) is 5.88 Å². The Balaban J connectivity index is 1.66. The van der Waals surface area contributed by atoms with Gasteiger partial charge in [-0.25, -0.2) is 0 Å². The lowest BCUT2D eigenvalue weighted by Crippen LogP contribution is -2.55. The molecule has 0 saturated carbocycles. The lowest BCUT2D eigenvalue weighted by atomic mass is 10.1. The standard InChI is InChI=1S/C22H28N6O2/c1-17-5-7-19(8-6-17)28(10-4-9-23)22(29)18(2)26-11-13-27(14-12-26)20-15-24-16-21(25-20)30-3/h5-8,15-16,18H,4,10-14H2,1-3H3. The number of aromatic nitrogens is 2. The van der Waals surface area contributed by atoms with Crippen LogP contribution >= 0.6 is 0 Å². The average Bonchev–Trinajstić information content (AvgIpc) is 2.80. The topological polar surface area (TPSA) is 85.6 Å². The fourth-order valence-corrected chi connectivity index (χ4v) is 3.56. The zero-order valence-corrected chi connectivity index (χ0v) is 17.8. The van der Waals surface area contributed by atoms with Crippen LogP contribution in [0.15, 0.2) is 36.7 Å². The van der Waals surface area contributed by atoms with Gasteiger partial charge in [0.15, 0.2) is 5.82 Å². The van der Waals surface area contributed by atoms with E-state index >= 15 is 0 Å². The Labute approximate surface area is 177 Å². The normalized spacial score (nSPS) is 15.3. The Kier molecular flexibility index (Phi) is 7.20. The van der Waals surface area contributed by atoms with Crippen LogP contribution in [0.4, 0.5) is 11.5 Å². The Morgan fingerprint density at radius 1 is 1.23 bits per heavy atom. The smallest absolute Gasteiger partial charge is 0.244 e. The van der Waals surface area contributed by atoms with E-state index in [1.807, 2.05) is 38.1 Å². The molecule has 0 aliphatic carbocycles. The van der Waals surface area contributed by atoms with Crippen molar-refractivity contribution in [3.63, 3.8) is 0 Å². The molecule has 8 nitrogen and oxygen atoms in total. The molecule has 0 radical (unpaired) electrons. The maximum atomic E-state index is 13.3. The predicted octanol–water partition coefficient (Wildman–Crippen LogP) is 2.25. The van der Waals surface area contributed by atoms with E-state index in [9.17, 15) is 4.79 Å². The summed E-state index contributed by atoms with van der Waals surface area (Å²) in [6, 6.07) is 9.73. The van der Waals surface area contributed by atoms with E-state index in [1.54, 1.807) is 24.4 Å². The van der Waals surface area contributed by atoms with Gasteiger partial charge in [0.25, 0.3) is 0 Å². The molecular formula is C22H28N6O2. The van der Waals surface area contributed by atoms with Crippen LogP contribution in [-0.2, 0) is 4.79 Å². The Hall–Kier alpha value is -3.18. The lowest BCUT2D eigenvalue weighted by molar-refractivity contribution is -0.123. The maximum Gasteiger partial charge on any atom is 0.244 e. The summed E-state index contributed by atoms with van der Waals surface area (Å²) in [7, 11) is 1.57. The number of carbonyl (C=O) groups excluding carboxylic acids is 1. The van der Waals surface area contributed by atoms with Crippen LogP contribution in [0.3, 0.4) is 0 Å². The maximum absolute atomic E-state index is 13.3. The highest BCUT2D eigenvalue weighted by atomic mass is 16.5. The highest BCUT2D eigenvalue weighted by Crippen LogP contribution is 2.20. The Bertz CT molecular complexity index is 887. The van der Waals surface area contributed by atoms with Gasteiger partial charge >= 0.3 is 0 Å². The molecule has 1 atom stereocenters. The number of aryl methyl sites for hydroxylation is 1. The van der Waals surface area contributed by atoms with E-state index in [0.29, 0.717) is 18.8 Å². The van der Waals surface area contributed by atoms with Crippen molar-refractivity contribution in [1.29, 1.82) is 5.26 Å². The number of nitrogens with zero attached hydrogens (tertiary/aromatic N) is 6. The molecule has 1 aromatic carbocycles. The molecule has 1 aliphatic rings. The monoisotopic (exact) mass is 408 g/mol. The van der Waals surface area contributed by atoms with Gasteiger partial charge < -0.3 is 14.5 Å². The SMILES string of the molecule is COc1cncc(N2CCN(C(C)C(=O)N(CCC#N)c3ccc(C)cc3)CC2)n1. The summed E-state index contributed by atoms with van der Waals surface area (Å²) < 4.78 is 5.16. The van der Waals surface area contributed by atoms with E-state index < -0.39 is 0 Å². The number of hydrogen-bond donors (Lipinski definition) is 0. The number of piperazine rings is 1. The summed E-state index contributed by atoms with van der Waals surface area (Å²) in [4.78, 5) is 28.0. The molecule has 8 heteroatoms. The third kappa shape index (κ3) is 5.05. The summed E-state index contributed by atoms with van der Waals surface area (Å²) in [5, 5.41) is 9.03. The van der Waals surface area contributed by atoms with Gasteiger partial charge in [0, 0.05) is 38.4 Å². The fourth-order valence-electron chi connectivity index (χ4n) is 3.56. The predicted molar refractivity (Wildman–Crippen MR) is 116 cm³/mol. The van der Waals surface area contributed by atoms with E-state index in [4.69, 9.17) is 10.00 Å². The summed E-state index contributed by atoms with van der Waals surface area (Å²) in [6.07, 6.45) is 3.61. The first-order valence-electron chi connectivity index (χ1n) is 10.1. The van der Waals surface area contributed by atoms with E-state index in [0.717, 1.165) is 43.2 Å². The van der Waals surface area contributed by atoms with Crippen molar-refractivity contribution in [2.45, 2.75) is 26.3 Å². The number of carbonyl (C=O) groups is 1. The molecule has 1 fully saturated rings. The van der Waals surface area contributed by atoms with Gasteiger partial charge in [-0.1, -0.05) is 17.7 Å². The van der Waals surface area contributed by atoms with Gasteiger partial charge in [-0.05, 0) is 26.0 Å². The minimum Gasteiger partial charge on any atom is -0.480 e. The van der Waals surface area contributed by atoms with Crippen molar-refractivity contribution >= 4 is 17.4 Å². The zero-order valence-electron chi connectivity index (χ0n) is 17.8. The molecular weight excluding hydrogens is 380 g/mol. The molecule has 2 aromatic rings. The van der Waals surface area contributed by atoms with Crippen molar-refractivity contribution in [2.24, 2.45) is 0 Å². The first-order chi connectivity index (χ1) is 14.5. The Morgan fingerprint density at radius 2 is 1.93 bits per heavy atom. The molecule has 0 bridgehead atoms. The molecule has 0 N–H and O–H groups in total. The molecule has 1 aliphatic heterocycles. The molecule has 1 amide bonds. The third-order valence-corrected chi connectivity index (χ3v) is 5.41. The van der Waals surface area contributed by atoms with Crippen LogP contribution in [0, 0.1) is 18.3 Å². The van der Waals surface area contributed by atoms with Crippen LogP contribution in [0.25, 0.3) is 0 Å². The number of methoxy groups -OCH3 is 1. The highest BCUT2D eigenvalue weighted by Gasteiger charge is 2.29. The average molecular weight is 409 g/mol. The van der Waals surface area contributed by atoms with Crippen LogP contribution in [0.1, 0.15) is 18.9 Å². The molecule has 30 heavy (non-hydrogen) atoms. The molecule has 1 saturated heterocycles. The molecule has 3 rings (SSSR count). The third-order valence-electron chi connectivity index (χ3n) is 5.41. The first kappa shape index (κ1) is 21.5. The summed E-state index contributed by atoms with van der Waals surface area (Å²) in [5.74, 6) is 1.29. The zero-order chi connectivity index (χ0) is 21.5. The largest absolute Gasteiger partial charge is 0.480 e. The van der Waals surface area contributed by atoms with E-state index in [-0.39, 0.29) is 11.9 Å². The molecule has 0 spiro atoms. The van der Waals surface area contributed by atoms with Crippen molar-refractivity contribution in [3.05, 3.63) is 42.2 Å². The second kappa shape index (κ2) is 10.0. The van der Waals surface area contributed by atoms with Crippen molar-refractivity contribution < 1.29 is 9.53 Å². The van der Waals surface area contributed by atoms with Gasteiger partial charge in [0.05, 0.1) is 38.0 Å².